The molecule has 0 heterocycles. The third-order valence-electron chi connectivity index (χ3n) is 0.516. The summed E-state index contributed by atoms with van der Waals surface area (Å²) in [6.45, 7) is 3.10. The van der Waals surface area contributed by atoms with Crippen molar-refractivity contribution in [2.75, 3.05) is 7.11 Å². The molecule has 0 saturated heterocycles. The second kappa shape index (κ2) is 2.85. The molecular formula is C4H7O3P. The molecule has 1 unspecified atom stereocenters. The van der Waals surface area contributed by atoms with Crippen LogP contribution in [0, 0.1) is 0 Å². The largest absolute Gasteiger partial charge is 0.358 e. The van der Waals surface area contributed by atoms with Gasteiger partial charge in [0.1, 0.15) is 0 Å². The molecule has 0 rings (SSSR count). The lowest BCUT2D eigenvalue weighted by atomic mass is 11.0. The molecule has 0 aliphatic rings. The van der Waals surface area contributed by atoms with Crippen LogP contribution in [-0.4, -0.2) is 12.0 Å². The van der Waals surface area contributed by atoms with Gasteiger partial charge in [-0.15, -0.1) is 5.73 Å². The topological polar surface area (TPSA) is 46.5 Å². The van der Waals surface area contributed by atoms with E-state index in [1.54, 1.807) is 0 Å². The summed E-state index contributed by atoms with van der Waals surface area (Å²) in [7, 11) is -2.32. The first-order chi connectivity index (χ1) is 3.62. The third-order valence-corrected chi connectivity index (χ3v) is 1.55. The Morgan fingerprint density at radius 3 is 2.62 bits per heavy atom. The molecule has 0 fully saturated rings. The Kier molecular flexibility index (Phi) is 2.74. The smallest absolute Gasteiger partial charge is 0.321 e. The van der Waals surface area contributed by atoms with Crippen molar-refractivity contribution in [3.8, 4) is 0 Å². The van der Waals surface area contributed by atoms with Crippen LogP contribution < -0.4 is 0 Å². The Morgan fingerprint density at radius 1 is 2.00 bits per heavy atom. The van der Waals surface area contributed by atoms with Crippen LogP contribution in [0.3, 0.4) is 0 Å². The second-order valence-electron chi connectivity index (χ2n) is 1.08. The second-order valence-corrected chi connectivity index (χ2v) is 2.83. The maximum Gasteiger partial charge on any atom is 0.358 e. The average molecular weight is 134 g/mol. The molecule has 0 saturated carbocycles. The van der Waals surface area contributed by atoms with Gasteiger partial charge >= 0.3 is 7.60 Å². The van der Waals surface area contributed by atoms with E-state index >= 15 is 0 Å². The van der Waals surface area contributed by atoms with Gasteiger partial charge < -0.3 is 9.42 Å². The molecule has 1 atom stereocenters. The zero-order valence-electron chi connectivity index (χ0n) is 4.50. The van der Waals surface area contributed by atoms with Gasteiger partial charge in [0.25, 0.3) is 0 Å². The molecule has 46 valence electrons. The summed E-state index contributed by atoms with van der Waals surface area (Å²) in [5, 5.41) is 0. The van der Waals surface area contributed by atoms with Crippen LogP contribution >= 0.6 is 7.60 Å². The van der Waals surface area contributed by atoms with Gasteiger partial charge in [-0.1, -0.05) is 6.58 Å². The number of rotatable bonds is 2. The highest BCUT2D eigenvalue weighted by Crippen LogP contribution is 2.41. The lowest BCUT2D eigenvalue weighted by molar-refractivity contribution is 0.327. The zero-order valence-corrected chi connectivity index (χ0v) is 5.39. The summed E-state index contributed by atoms with van der Waals surface area (Å²) in [5.74, 6) is 0.896. The fraction of sp³-hybridized carbons (Fsp3) is 0.250. The van der Waals surface area contributed by atoms with E-state index in [2.05, 4.69) is 16.8 Å². The van der Waals surface area contributed by atoms with Crippen LogP contribution in [0.15, 0.2) is 18.1 Å². The van der Waals surface area contributed by atoms with Crippen molar-refractivity contribution in [2.45, 2.75) is 0 Å². The molecule has 0 amide bonds. The Morgan fingerprint density at radius 2 is 2.50 bits per heavy atom. The molecule has 0 aliphatic heterocycles. The van der Waals surface area contributed by atoms with E-state index in [0.29, 0.717) is 0 Å². The third kappa shape index (κ3) is 2.78. The van der Waals surface area contributed by atoms with Gasteiger partial charge in [-0.3, -0.25) is 4.57 Å². The Balaban J connectivity index is 4.14. The fourth-order valence-corrected chi connectivity index (χ4v) is 0.504. The number of hydrogen-bond acceptors (Lipinski definition) is 2. The molecule has 4 heteroatoms. The summed E-state index contributed by atoms with van der Waals surface area (Å²) in [4.78, 5) is 8.50. The zero-order chi connectivity index (χ0) is 6.62. The Labute approximate surface area is 47.8 Å². The van der Waals surface area contributed by atoms with Crippen molar-refractivity contribution in [3.05, 3.63) is 18.1 Å². The highest BCUT2D eigenvalue weighted by Gasteiger charge is 2.09. The summed E-state index contributed by atoms with van der Waals surface area (Å²) >= 11 is 0. The van der Waals surface area contributed by atoms with Crippen molar-refractivity contribution in [1.82, 2.24) is 0 Å². The maximum atomic E-state index is 10.4. The highest BCUT2D eigenvalue weighted by atomic mass is 31.2. The van der Waals surface area contributed by atoms with E-state index in [4.69, 9.17) is 4.89 Å². The maximum absolute atomic E-state index is 10.4. The summed E-state index contributed by atoms with van der Waals surface area (Å²) in [6, 6.07) is 0. The Bertz CT molecular complexity index is 157. The van der Waals surface area contributed by atoms with Crippen LogP contribution in [0.25, 0.3) is 0 Å². The predicted octanol–water partition coefficient (Wildman–Crippen LogP) is 1.12. The van der Waals surface area contributed by atoms with Gasteiger partial charge in [-0.25, -0.2) is 0 Å². The van der Waals surface area contributed by atoms with E-state index in [1.807, 2.05) is 0 Å². The summed E-state index contributed by atoms with van der Waals surface area (Å²) in [6.07, 6.45) is 0. The average Bonchev–Trinajstić information content (AvgIpc) is 1.67. The van der Waals surface area contributed by atoms with Crippen LogP contribution in [0.2, 0.25) is 0 Å². The van der Waals surface area contributed by atoms with E-state index in [0.717, 1.165) is 12.9 Å². The highest BCUT2D eigenvalue weighted by molar-refractivity contribution is 7.56. The van der Waals surface area contributed by atoms with Crippen molar-refractivity contribution < 1.29 is 14.0 Å². The van der Waals surface area contributed by atoms with Crippen molar-refractivity contribution >= 4 is 7.60 Å². The lowest BCUT2D eigenvalue weighted by Crippen LogP contribution is -1.74. The molecule has 0 radical (unpaired) electrons. The molecule has 0 aromatic heterocycles. The summed E-state index contributed by atoms with van der Waals surface area (Å²) < 4.78 is 14.5. The van der Waals surface area contributed by atoms with Crippen LogP contribution in [0.1, 0.15) is 0 Å². The van der Waals surface area contributed by atoms with E-state index in [9.17, 15) is 4.57 Å². The Hall–Kier alpha value is -0.330. The van der Waals surface area contributed by atoms with Crippen molar-refractivity contribution in [2.24, 2.45) is 0 Å². The van der Waals surface area contributed by atoms with E-state index in [-0.39, 0.29) is 0 Å². The quantitative estimate of drug-likeness (QED) is 0.454. The van der Waals surface area contributed by atoms with Crippen LogP contribution in [-0.2, 0) is 9.09 Å². The molecule has 0 spiro atoms. The first-order valence-corrected chi connectivity index (χ1v) is 3.52. The molecule has 0 aromatic carbocycles. The molecule has 8 heavy (non-hydrogen) atoms. The molecular weight excluding hydrogens is 127 g/mol. The minimum absolute atomic E-state index is 0.896. The van der Waals surface area contributed by atoms with Gasteiger partial charge in [-0.05, 0) is 0 Å². The van der Waals surface area contributed by atoms with Crippen molar-refractivity contribution in [3.63, 3.8) is 0 Å². The fourth-order valence-electron chi connectivity index (χ4n) is 0.168. The minimum atomic E-state index is -3.47. The van der Waals surface area contributed by atoms with Crippen molar-refractivity contribution in [1.29, 1.82) is 0 Å². The van der Waals surface area contributed by atoms with Gasteiger partial charge in [0.2, 0.25) is 0 Å². The van der Waals surface area contributed by atoms with E-state index < -0.39 is 7.60 Å². The molecule has 3 nitrogen and oxygen atoms in total. The van der Waals surface area contributed by atoms with Crippen LogP contribution in [0.4, 0.5) is 0 Å². The lowest BCUT2D eigenvalue weighted by Gasteiger charge is -1.97. The molecule has 0 bridgehead atoms. The standard InChI is InChI=1S/C4H7O3P/c1-3-4-8(5,6)7-2/h4H,1H2,2H3,(H,5,6). The van der Waals surface area contributed by atoms with Gasteiger partial charge in [0.15, 0.2) is 0 Å². The molecule has 1 N–H and O–H groups in total. The summed E-state index contributed by atoms with van der Waals surface area (Å²) in [5.41, 5.74) is 2.15. The number of hydrogen-bond donors (Lipinski definition) is 1. The normalized spacial score (nSPS) is 16.2. The van der Waals surface area contributed by atoms with E-state index in [1.165, 1.54) is 0 Å². The predicted molar refractivity (Wildman–Crippen MR) is 30.5 cm³/mol. The molecule has 0 aromatic rings. The van der Waals surface area contributed by atoms with Crippen LogP contribution in [0.5, 0.6) is 0 Å². The van der Waals surface area contributed by atoms with Gasteiger partial charge in [0.05, 0.1) is 5.82 Å². The first-order valence-electron chi connectivity index (χ1n) is 1.87. The minimum Gasteiger partial charge on any atom is -0.321 e. The molecule has 0 aliphatic carbocycles. The van der Waals surface area contributed by atoms with Gasteiger partial charge in [0, 0.05) is 7.11 Å². The SMILES string of the molecule is C=C=CP(=O)(O)OC. The van der Waals surface area contributed by atoms with Gasteiger partial charge in [-0.2, -0.15) is 0 Å². The first kappa shape index (κ1) is 7.67. The monoisotopic (exact) mass is 134 g/mol.